The Labute approximate surface area is 161 Å². The van der Waals surface area contributed by atoms with E-state index in [4.69, 9.17) is 4.74 Å². The highest BCUT2D eigenvalue weighted by Crippen LogP contribution is 2.18. The Bertz CT molecular complexity index is 737. The summed E-state index contributed by atoms with van der Waals surface area (Å²) in [5.41, 5.74) is 3.44. The lowest BCUT2D eigenvalue weighted by atomic mass is 10.2. The van der Waals surface area contributed by atoms with Crippen LogP contribution in [0, 0.1) is 6.92 Å². The standard InChI is InChI=1S/C22H29N3O2/c1-18-5-3-6-21(17-18)25-14-12-24(13-15-25)11-4-16-27-22-9-7-20(8-10-22)23-19(2)26/h3,5-10,17H,4,11-16H2,1-2H3,(H,23,26). The molecule has 1 amide bonds. The Balaban J connectivity index is 1.34. The van der Waals surface area contributed by atoms with Gasteiger partial charge in [-0.1, -0.05) is 12.1 Å². The zero-order valence-electron chi connectivity index (χ0n) is 16.3. The molecule has 0 atom stereocenters. The molecule has 1 saturated heterocycles. The average molecular weight is 367 g/mol. The second-order valence-corrected chi connectivity index (χ2v) is 7.08. The summed E-state index contributed by atoms with van der Waals surface area (Å²) in [6, 6.07) is 16.3. The largest absolute Gasteiger partial charge is 0.494 e. The van der Waals surface area contributed by atoms with E-state index >= 15 is 0 Å². The number of nitrogens with zero attached hydrogens (tertiary/aromatic N) is 2. The van der Waals surface area contributed by atoms with Crippen LogP contribution in [0.25, 0.3) is 0 Å². The molecule has 1 fully saturated rings. The van der Waals surface area contributed by atoms with Gasteiger partial charge in [0.2, 0.25) is 5.91 Å². The maximum atomic E-state index is 11.0. The van der Waals surface area contributed by atoms with E-state index in [0.717, 1.165) is 50.6 Å². The highest BCUT2D eigenvalue weighted by atomic mass is 16.5. The number of benzene rings is 2. The van der Waals surface area contributed by atoms with Crippen LogP contribution in [0.15, 0.2) is 48.5 Å². The second-order valence-electron chi connectivity index (χ2n) is 7.08. The van der Waals surface area contributed by atoms with Gasteiger partial charge in [0.05, 0.1) is 6.61 Å². The third kappa shape index (κ3) is 6.00. The van der Waals surface area contributed by atoms with E-state index in [9.17, 15) is 4.79 Å². The third-order valence-electron chi connectivity index (χ3n) is 4.80. The van der Waals surface area contributed by atoms with Gasteiger partial charge < -0.3 is 15.0 Å². The van der Waals surface area contributed by atoms with Gasteiger partial charge in [-0.15, -0.1) is 0 Å². The Hall–Kier alpha value is -2.53. The van der Waals surface area contributed by atoms with Gasteiger partial charge in [0.15, 0.2) is 0 Å². The molecule has 1 heterocycles. The van der Waals surface area contributed by atoms with Crippen LogP contribution in [0.3, 0.4) is 0 Å². The Morgan fingerprint density at radius 3 is 2.48 bits per heavy atom. The lowest BCUT2D eigenvalue weighted by Crippen LogP contribution is -2.46. The van der Waals surface area contributed by atoms with E-state index in [1.165, 1.54) is 18.2 Å². The first-order valence-electron chi connectivity index (χ1n) is 9.64. The summed E-state index contributed by atoms with van der Waals surface area (Å²) in [4.78, 5) is 16.0. The highest BCUT2D eigenvalue weighted by Gasteiger charge is 2.16. The number of piperazine rings is 1. The number of hydrogen-bond acceptors (Lipinski definition) is 4. The minimum absolute atomic E-state index is 0.0637. The maximum Gasteiger partial charge on any atom is 0.221 e. The fourth-order valence-corrected chi connectivity index (χ4v) is 3.37. The zero-order chi connectivity index (χ0) is 19.1. The summed E-state index contributed by atoms with van der Waals surface area (Å²) in [6.45, 7) is 9.77. The van der Waals surface area contributed by atoms with Crippen LogP contribution >= 0.6 is 0 Å². The molecule has 5 nitrogen and oxygen atoms in total. The van der Waals surface area contributed by atoms with E-state index in [0.29, 0.717) is 6.61 Å². The van der Waals surface area contributed by atoms with E-state index in [1.807, 2.05) is 24.3 Å². The Kier molecular flexibility index (Phi) is 6.71. The van der Waals surface area contributed by atoms with Crippen molar-refractivity contribution >= 4 is 17.3 Å². The number of anilines is 2. The molecule has 0 spiro atoms. The monoisotopic (exact) mass is 367 g/mol. The summed E-state index contributed by atoms with van der Waals surface area (Å²) in [6.07, 6.45) is 1.01. The molecule has 0 unspecified atom stereocenters. The van der Waals surface area contributed by atoms with Crippen LogP contribution in [0.5, 0.6) is 5.75 Å². The van der Waals surface area contributed by atoms with Crippen molar-refractivity contribution in [2.24, 2.45) is 0 Å². The first-order valence-corrected chi connectivity index (χ1v) is 9.64. The van der Waals surface area contributed by atoms with Gasteiger partial charge in [-0.3, -0.25) is 9.69 Å². The second kappa shape index (κ2) is 9.42. The molecule has 0 saturated carbocycles. The Morgan fingerprint density at radius 1 is 1.07 bits per heavy atom. The average Bonchev–Trinajstić information content (AvgIpc) is 2.66. The number of amides is 1. The van der Waals surface area contributed by atoms with Crippen molar-refractivity contribution in [2.75, 3.05) is 49.5 Å². The van der Waals surface area contributed by atoms with Crippen molar-refractivity contribution in [3.8, 4) is 5.75 Å². The van der Waals surface area contributed by atoms with Gasteiger partial charge in [-0.05, 0) is 55.3 Å². The van der Waals surface area contributed by atoms with Crippen LogP contribution in [0.1, 0.15) is 18.9 Å². The van der Waals surface area contributed by atoms with E-state index in [-0.39, 0.29) is 5.91 Å². The lowest BCUT2D eigenvalue weighted by molar-refractivity contribution is -0.114. The molecule has 0 radical (unpaired) electrons. The van der Waals surface area contributed by atoms with Crippen LogP contribution in [0.2, 0.25) is 0 Å². The molecule has 27 heavy (non-hydrogen) atoms. The molecule has 2 aromatic carbocycles. The van der Waals surface area contributed by atoms with Gasteiger partial charge in [0, 0.05) is 51.0 Å². The van der Waals surface area contributed by atoms with Crippen molar-refractivity contribution in [3.63, 3.8) is 0 Å². The van der Waals surface area contributed by atoms with Crippen molar-refractivity contribution in [1.82, 2.24) is 4.90 Å². The molecule has 1 aliphatic rings. The van der Waals surface area contributed by atoms with Gasteiger partial charge in [0.25, 0.3) is 0 Å². The highest BCUT2D eigenvalue weighted by molar-refractivity contribution is 5.88. The Morgan fingerprint density at radius 2 is 1.81 bits per heavy atom. The van der Waals surface area contributed by atoms with E-state index in [1.54, 1.807) is 0 Å². The minimum Gasteiger partial charge on any atom is -0.494 e. The SMILES string of the molecule is CC(=O)Nc1ccc(OCCCN2CCN(c3cccc(C)c3)CC2)cc1. The first-order chi connectivity index (χ1) is 13.1. The molecular formula is C22H29N3O2. The minimum atomic E-state index is -0.0637. The summed E-state index contributed by atoms with van der Waals surface area (Å²) in [5.74, 6) is 0.777. The molecule has 0 aliphatic carbocycles. The zero-order valence-corrected chi connectivity index (χ0v) is 16.3. The maximum absolute atomic E-state index is 11.0. The third-order valence-corrected chi connectivity index (χ3v) is 4.80. The van der Waals surface area contributed by atoms with Crippen LogP contribution < -0.4 is 15.0 Å². The van der Waals surface area contributed by atoms with Gasteiger partial charge in [-0.2, -0.15) is 0 Å². The van der Waals surface area contributed by atoms with Crippen molar-refractivity contribution in [2.45, 2.75) is 20.3 Å². The molecular weight excluding hydrogens is 338 g/mol. The molecule has 5 heteroatoms. The van der Waals surface area contributed by atoms with Crippen molar-refractivity contribution in [3.05, 3.63) is 54.1 Å². The summed E-state index contributed by atoms with van der Waals surface area (Å²) in [7, 11) is 0. The number of carbonyl (C=O) groups excluding carboxylic acids is 1. The summed E-state index contributed by atoms with van der Waals surface area (Å²) >= 11 is 0. The van der Waals surface area contributed by atoms with Crippen LogP contribution in [-0.4, -0.2) is 50.1 Å². The number of hydrogen-bond donors (Lipinski definition) is 1. The van der Waals surface area contributed by atoms with Crippen LogP contribution in [0.4, 0.5) is 11.4 Å². The summed E-state index contributed by atoms with van der Waals surface area (Å²) < 4.78 is 5.81. The fraction of sp³-hybridized carbons (Fsp3) is 0.409. The quantitative estimate of drug-likeness (QED) is 0.760. The number of ether oxygens (including phenoxy) is 1. The fourth-order valence-electron chi connectivity index (χ4n) is 3.37. The molecule has 2 aromatic rings. The van der Waals surface area contributed by atoms with Gasteiger partial charge in [0.1, 0.15) is 5.75 Å². The number of aryl methyl sites for hydroxylation is 1. The molecule has 0 bridgehead atoms. The molecule has 1 N–H and O–H groups in total. The van der Waals surface area contributed by atoms with E-state index in [2.05, 4.69) is 46.3 Å². The summed E-state index contributed by atoms with van der Waals surface area (Å²) in [5, 5.41) is 2.76. The number of rotatable bonds is 7. The first kappa shape index (κ1) is 19.2. The normalized spacial score (nSPS) is 14.8. The predicted octanol–water partition coefficient (Wildman–Crippen LogP) is 3.54. The lowest BCUT2D eigenvalue weighted by Gasteiger charge is -2.36. The number of carbonyl (C=O) groups is 1. The van der Waals surface area contributed by atoms with Crippen molar-refractivity contribution < 1.29 is 9.53 Å². The van der Waals surface area contributed by atoms with Gasteiger partial charge in [-0.25, -0.2) is 0 Å². The van der Waals surface area contributed by atoms with Gasteiger partial charge >= 0.3 is 0 Å². The van der Waals surface area contributed by atoms with E-state index < -0.39 is 0 Å². The molecule has 3 rings (SSSR count). The topological polar surface area (TPSA) is 44.8 Å². The van der Waals surface area contributed by atoms with Crippen LogP contribution in [-0.2, 0) is 4.79 Å². The molecule has 1 aliphatic heterocycles. The van der Waals surface area contributed by atoms with Crippen molar-refractivity contribution in [1.29, 1.82) is 0 Å². The predicted molar refractivity (Wildman–Crippen MR) is 111 cm³/mol. The molecule has 144 valence electrons. The number of nitrogens with one attached hydrogen (secondary N) is 1. The smallest absolute Gasteiger partial charge is 0.221 e. The molecule has 0 aromatic heterocycles.